The lowest BCUT2D eigenvalue weighted by Gasteiger charge is -2.28. The maximum absolute atomic E-state index is 13.0. The molecule has 2 N–H and O–H groups in total. The molecule has 1 aromatic heterocycles. The van der Waals surface area contributed by atoms with Gasteiger partial charge in [0.1, 0.15) is 0 Å². The number of alkyl halides is 3. The van der Waals surface area contributed by atoms with Crippen LogP contribution in [0, 0.1) is 0 Å². The van der Waals surface area contributed by atoms with Crippen LogP contribution in [0.3, 0.4) is 0 Å². The molecule has 2 aliphatic rings. The lowest BCUT2D eigenvalue weighted by Crippen LogP contribution is -2.40. The Kier molecular flexibility index (Phi) is 4.48. The summed E-state index contributed by atoms with van der Waals surface area (Å²) in [6.07, 6.45) is 1.07. The molecular formula is C19H21F3N4. The fourth-order valence-electron chi connectivity index (χ4n) is 3.33. The molecule has 0 saturated heterocycles. The Labute approximate surface area is 150 Å². The predicted molar refractivity (Wildman–Crippen MR) is 96.2 cm³/mol. The molecule has 4 rings (SSSR count). The van der Waals surface area contributed by atoms with Crippen molar-refractivity contribution >= 4 is 11.5 Å². The number of nitrogens with zero attached hydrogens (tertiary/aromatic N) is 2. The minimum atomic E-state index is -4.35. The third-order valence-electron chi connectivity index (χ3n) is 5.09. The van der Waals surface area contributed by atoms with Gasteiger partial charge in [0.05, 0.1) is 17.9 Å². The molecule has 1 fully saturated rings. The lowest BCUT2D eigenvalue weighted by atomic mass is 9.93. The highest BCUT2D eigenvalue weighted by Gasteiger charge is 2.30. The highest BCUT2D eigenvalue weighted by molar-refractivity contribution is 5.77. The largest absolute Gasteiger partial charge is 0.416 e. The number of rotatable bonds is 5. The first-order valence-corrected chi connectivity index (χ1v) is 8.90. The van der Waals surface area contributed by atoms with Gasteiger partial charge in [-0.15, -0.1) is 0 Å². The summed E-state index contributed by atoms with van der Waals surface area (Å²) in [7, 11) is 0. The Morgan fingerprint density at radius 3 is 2.77 bits per heavy atom. The van der Waals surface area contributed by atoms with Crippen molar-refractivity contribution in [2.45, 2.75) is 31.5 Å². The number of benzene rings is 1. The van der Waals surface area contributed by atoms with Crippen LogP contribution in [0.5, 0.6) is 0 Å². The molecule has 2 aromatic rings. The Morgan fingerprint density at radius 2 is 2.04 bits per heavy atom. The summed E-state index contributed by atoms with van der Waals surface area (Å²) in [5.41, 5.74) is 1.51. The van der Waals surface area contributed by atoms with Crippen LogP contribution in [-0.2, 0) is 6.18 Å². The van der Waals surface area contributed by atoms with Gasteiger partial charge in [-0.1, -0.05) is 18.6 Å². The second-order valence-electron chi connectivity index (χ2n) is 6.85. The van der Waals surface area contributed by atoms with E-state index in [2.05, 4.69) is 20.5 Å². The summed E-state index contributed by atoms with van der Waals surface area (Å²) < 4.78 is 38.9. The van der Waals surface area contributed by atoms with Gasteiger partial charge in [0.25, 0.3) is 0 Å². The van der Waals surface area contributed by atoms with Crippen molar-refractivity contribution in [1.29, 1.82) is 0 Å². The van der Waals surface area contributed by atoms with Gasteiger partial charge >= 0.3 is 6.18 Å². The minimum Gasteiger partial charge on any atom is -0.351 e. The standard InChI is InChI=1S/C19H21F3N4/c20-19(21,22)15-4-1-3-13(9-15)14-10-17-18(24-11-14)25-12-26(17)8-7-23-16-5-2-6-16/h1,3-4,9-11,16,23H,2,5-8,12H2,(H,24,25). The number of hydrogen-bond acceptors (Lipinski definition) is 4. The molecule has 0 bridgehead atoms. The Morgan fingerprint density at radius 1 is 1.19 bits per heavy atom. The van der Waals surface area contributed by atoms with Gasteiger partial charge in [-0.3, -0.25) is 0 Å². The second-order valence-corrected chi connectivity index (χ2v) is 6.85. The van der Waals surface area contributed by atoms with Gasteiger partial charge in [-0.2, -0.15) is 13.2 Å². The fraction of sp³-hybridized carbons (Fsp3) is 0.421. The Hall–Kier alpha value is -2.28. The first kappa shape index (κ1) is 17.1. The first-order chi connectivity index (χ1) is 12.5. The Bertz CT molecular complexity index is 787. The molecule has 0 amide bonds. The van der Waals surface area contributed by atoms with Crippen LogP contribution in [-0.4, -0.2) is 30.8 Å². The zero-order valence-electron chi connectivity index (χ0n) is 14.3. The number of hydrogen-bond donors (Lipinski definition) is 2. The van der Waals surface area contributed by atoms with Crippen molar-refractivity contribution in [3.8, 4) is 11.1 Å². The summed E-state index contributed by atoms with van der Waals surface area (Å²) in [6.45, 7) is 2.39. The zero-order chi connectivity index (χ0) is 18.1. The fourth-order valence-corrected chi connectivity index (χ4v) is 3.33. The van der Waals surface area contributed by atoms with Crippen LogP contribution in [0.4, 0.5) is 24.7 Å². The van der Waals surface area contributed by atoms with Crippen molar-refractivity contribution in [1.82, 2.24) is 10.3 Å². The van der Waals surface area contributed by atoms with Crippen molar-refractivity contribution < 1.29 is 13.2 Å². The smallest absolute Gasteiger partial charge is 0.351 e. The third-order valence-corrected chi connectivity index (χ3v) is 5.09. The van der Waals surface area contributed by atoms with Crippen molar-refractivity contribution in [2.75, 3.05) is 30.0 Å². The number of pyridine rings is 1. The van der Waals surface area contributed by atoms with E-state index in [0.717, 1.165) is 30.7 Å². The zero-order valence-corrected chi connectivity index (χ0v) is 14.3. The highest BCUT2D eigenvalue weighted by atomic mass is 19.4. The van der Waals surface area contributed by atoms with E-state index in [1.807, 2.05) is 6.07 Å². The van der Waals surface area contributed by atoms with Crippen LogP contribution in [0.2, 0.25) is 0 Å². The maximum Gasteiger partial charge on any atom is 0.416 e. The monoisotopic (exact) mass is 362 g/mol. The molecule has 4 nitrogen and oxygen atoms in total. The number of aromatic nitrogens is 1. The van der Waals surface area contributed by atoms with E-state index in [-0.39, 0.29) is 0 Å². The molecule has 2 heterocycles. The van der Waals surface area contributed by atoms with E-state index in [4.69, 9.17) is 0 Å². The van der Waals surface area contributed by atoms with Crippen LogP contribution in [0.25, 0.3) is 11.1 Å². The van der Waals surface area contributed by atoms with E-state index in [1.165, 1.54) is 31.4 Å². The molecule has 1 aliphatic carbocycles. The van der Waals surface area contributed by atoms with E-state index < -0.39 is 11.7 Å². The topological polar surface area (TPSA) is 40.2 Å². The Balaban J connectivity index is 1.52. The molecule has 1 aliphatic heterocycles. The molecule has 26 heavy (non-hydrogen) atoms. The summed E-state index contributed by atoms with van der Waals surface area (Å²) >= 11 is 0. The normalized spacial score (nSPS) is 17.0. The molecule has 138 valence electrons. The van der Waals surface area contributed by atoms with E-state index in [0.29, 0.717) is 23.8 Å². The molecule has 1 saturated carbocycles. The van der Waals surface area contributed by atoms with Gasteiger partial charge in [-0.05, 0) is 36.6 Å². The van der Waals surface area contributed by atoms with Gasteiger partial charge in [0.2, 0.25) is 0 Å². The quantitative estimate of drug-likeness (QED) is 0.840. The van der Waals surface area contributed by atoms with Crippen molar-refractivity contribution in [3.63, 3.8) is 0 Å². The lowest BCUT2D eigenvalue weighted by molar-refractivity contribution is -0.137. The predicted octanol–water partition coefficient (Wildman–Crippen LogP) is 4.10. The minimum absolute atomic E-state index is 0.523. The molecule has 1 aromatic carbocycles. The molecule has 0 spiro atoms. The van der Waals surface area contributed by atoms with E-state index in [1.54, 1.807) is 12.3 Å². The van der Waals surface area contributed by atoms with Crippen LogP contribution in [0.15, 0.2) is 36.5 Å². The van der Waals surface area contributed by atoms with Crippen molar-refractivity contribution in [2.24, 2.45) is 0 Å². The van der Waals surface area contributed by atoms with Crippen molar-refractivity contribution in [3.05, 3.63) is 42.1 Å². The number of halogens is 3. The first-order valence-electron chi connectivity index (χ1n) is 8.90. The average Bonchev–Trinajstić information content (AvgIpc) is 2.99. The third kappa shape index (κ3) is 3.49. The molecular weight excluding hydrogens is 341 g/mol. The summed E-state index contributed by atoms with van der Waals surface area (Å²) in [5.74, 6) is 0.782. The highest BCUT2D eigenvalue weighted by Crippen LogP contribution is 2.35. The number of nitrogens with one attached hydrogen (secondary N) is 2. The van der Waals surface area contributed by atoms with Gasteiger partial charge < -0.3 is 15.5 Å². The average molecular weight is 362 g/mol. The molecule has 0 unspecified atom stereocenters. The van der Waals surface area contributed by atoms with Gasteiger partial charge in [-0.25, -0.2) is 4.98 Å². The number of anilines is 2. The second kappa shape index (κ2) is 6.79. The van der Waals surface area contributed by atoms with Gasteiger partial charge in [0.15, 0.2) is 5.82 Å². The molecule has 7 heteroatoms. The van der Waals surface area contributed by atoms with Gasteiger partial charge in [0, 0.05) is 30.9 Å². The van der Waals surface area contributed by atoms with Crippen LogP contribution >= 0.6 is 0 Å². The summed E-state index contributed by atoms with van der Waals surface area (Å²) in [4.78, 5) is 6.57. The van der Waals surface area contributed by atoms with E-state index in [9.17, 15) is 13.2 Å². The van der Waals surface area contributed by atoms with E-state index >= 15 is 0 Å². The van der Waals surface area contributed by atoms with Crippen LogP contribution < -0.4 is 15.5 Å². The molecule has 0 radical (unpaired) electrons. The molecule has 0 atom stereocenters. The summed E-state index contributed by atoms with van der Waals surface area (Å²) in [6, 6.07) is 7.94. The summed E-state index contributed by atoms with van der Waals surface area (Å²) in [5, 5.41) is 6.77. The van der Waals surface area contributed by atoms with Crippen LogP contribution in [0.1, 0.15) is 24.8 Å². The number of fused-ring (bicyclic) bond motifs is 1. The maximum atomic E-state index is 13.0. The SMILES string of the molecule is FC(F)(F)c1cccc(-c2cnc3c(c2)N(CCNC2CCC2)CN3)c1.